The van der Waals surface area contributed by atoms with Crippen LogP contribution in [0.2, 0.25) is 0 Å². The molecule has 1 aliphatic heterocycles. The molecule has 1 aromatic rings. The van der Waals surface area contributed by atoms with Crippen molar-refractivity contribution >= 4 is 15.9 Å². The summed E-state index contributed by atoms with van der Waals surface area (Å²) in [4.78, 5) is 11.0. The van der Waals surface area contributed by atoms with E-state index in [9.17, 15) is 13.2 Å². The number of nitrogens with zero attached hydrogens (tertiary/aromatic N) is 1. The van der Waals surface area contributed by atoms with Gasteiger partial charge in [-0.15, -0.1) is 0 Å². The zero-order chi connectivity index (χ0) is 14.0. The molecule has 1 atom stereocenters. The number of amides is 1. The van der Waals surface area contributed by atoms with Gasteiger partial charge in [-0.25, -0.2) is 12.7 Å². The second-order valence-corrected chi connectivity index (χ2v) is 6.68. The van der Waals surface area contributed by atoms with Crippen molar-refractivity contribution in [2.75, 3.05) is 20.6 Å². The standard InChI is InChI=1S/C11H17N3O4S/c1-14(2)19(16,17)11-4-3-9(18-11)7-12-8-5-10(15)13-6-8/h3-4,8,12H,5-7H2,1-2H3,(H,13,15). The van der Waals surface area contributed by atoms with Crippen molar-refractivity contribution in [3.8, 4) is 0 Å². The molecule has 1 saturated heterocycles. The van der Waals surface area contributed by atoms with E-state index in [2.05, 4.69) is 10.6 Å². The molecule has 8 heteroatoms. The third kappa shape index (κ3) is 3.14. The minimum absolute atomic E-state index is 0.0211. The van der Waals surface area contributed by atoms with Gasteiger partial charge in [0, 0.05) is 33.1 Å². The van der Waals surface area contributed by atoms with E-state index in [-0.39, 0.29) is 17.0 Å². The third-order valence-electron chi connectivity index (χ3n) is 2.91. The largest absolute Gasteiger partial charge is 0.447 e. The topological polar surface area (TPSA) is 91.7 Å². The maximum atomic E-state index is 11.8. The predicted molar refractivity (Wildman–Crippen MR) is 67.8 cm³/mol. The molecule has 0 aliphatic carbocycles. The third-order valence-corrected chi connectivity index (χ3v) is 4.60. The van der Waals surface area contributed by atoms with Crippen molar-refractivity contribution in [2.45, 2.75) is 24.1 Å². The lowest BCUT2D eigenvalue weighted by atomic mass is 10.2. The lowest BCUT2D eigenvalue weighted by molar-refractivity contribution is -0.119. The second kappa shape index (κ2) is 5.32. The van der Waals surface area contributed by atoms with Crippen molar-refractivity contribution in [1.82, 2.24) is 14.9 Å². The number of rotatable bonds is 5. The van der Waals surface area contributed by atoms with Gasteiger partial charge in [-0.2, -0.15) is 0 Å². The van der Waals surface area contributed by atoms with Crippen LogP contribution in [0.3, 0.4) is 0 Å². The molecule has 1 unspecified atom stereocenters. The van der Waals surface area contributed by atoms with E-state index in [0.29, 0.717) is 25.3 Å². The first kappa shape index (κ1) is 14.0. The number of carbonyl (C=O) groups excluding carboxylic acids is 1. The number of hydrogen-bond acceptors (Lipinski definition) is 5. The molecule has 1 fully saturated rings. The van der Waals surface area contributed by atoms with Crippen LogP contribution in [0.15, 0.2) is 21.6 Å². The van der Waals surface area contributed by atoms with Gasteiger partial charge in [-0.3, -0.25) is 4.79 Å². The van der Waals surface area contributed by atoms with Crippen LogP contribution >= 0.6 is 0 Å². The summed E-state index contributed by atoms with van der Waals surface area (Å²) in [6.45, 7) is 0.977. The molecule has 0 saturated carbocycles. The minimum atomic E-state index is -3.53. The Balaban J connectivity index is 1.96. The average molecular weight is 287 g/mol. The quantitative estimate of drug-likeness (QED) is 0.762. The van der Waals surface area contributed by atoms with Crippen LogP contribution in [-0.4, -0.2) is 45.3 Å². The zero-order valence-electron chi connectivity index (χ0n) is 10.8. The first-order chi connectivity index (χ1) is 8.89. The van der Waals surface area contributed by atoms with Gasteiger partial charge >= 0.3 is 0 Å². The number of furan rings is 1. The minimum Gasteiger partial charge on any atom is -0.447 e. The average Bonchev–Trinajstić information content (AvgIpc) is 2.95. The molecule has 0 radical (unpaired) electrons. The second-order valence-electron chi connectivity index (χ2n) is 4.59. The molecule has 0 spiro atoms. The number of sulfonamides is 1. The lowest BCUT2D eigenvalue weighted by Crippen LogP contribution is -2.30. The fourth-order valence-electron chi connectivity index (χ4n) is 1.77. The van der Waals surface area contributed by atoms with Crippen molar-refractivity contribution in [2.24, 2.45) is 0 Å². The SMILES string of the molecule is CN(C)S(=O)(=O)c1ccc(CNC2CNC(=O)C2)o1. The molecule has 0 aromatic carbocycles. The molecule has 1 amide bonds. The highest BCUT2D eigenvalue weighted by Gasteiger charge is 2.23. The van der Waals surface area contributed by atoms with Crippen LogP contribution in [-0.2, 0) is 21.4 Å². The van der Waals surface area contributed by atoms with Crippen LogP contribution in [0, 0.1) is 0 Å². The van der Waals surface area contributed by atoms with Gasteiger partial charge in [0.15, 0.2) is 0 Å². The van der Waals surface area contributed by atoms with Gasteiger partial charge in [-0.1, -0.05) is 0 Å². The normalized spacial score (nSPS) is 19.9. The first-order valence-electron chi connectivity index (χ1n) is 5.91. The summed E-state index contributed by atoms with van der Waals surface area (Å²) in [6.07, 6.45) is 0.434. The fourth-order valence-corrected chi connectivity index (χ4v) is 2.58. The molecular formula is C11H17N3O4S. The predicted octanol–water partition coefficient (Wildman–Crippen LogP) is -0.492. The molecule has 1 aliphatic rings. The molecule has 0 bridgehead atoms. The van der Waals surface area contributed by atoms with Crippen molar-refractivity contribution in [1.29, 1.82) is 0 Å². The summed E-state index contributed by atoms with van der Waals surface area (Å²) >= 11 is 0. The molecule has 1 aromatic heterocycles. The van der Waals surface area contributed by atoms with E-state index in [1.165, 1.54) is 20.2 Å². The molecular weight excluding hydrogens is 270 g/mol. The van der Waals surface area contributed by atoms with Crippen LogP contribution < -0.4 is 10.6 Å². The van der Waals surface area contributed by atoms with Crippen molar-refractivity contribution in [3.63, 3.8) is 0 Å². The Morgan fingerprint density at radius 1 is 1.47 bits per heavy atom. The molecule has 2 heterocycles. The van der Waals surface area contributed by atoms with Gasteiger partial charge < -0.3 is 15.1 Å². The Morgan fingerprint density at radius 2 is 2.21 bits per heavy atom. The van der Waals surface area contributed by atoms with Crippen LogP contribution in [0.1, 0.15) is 12.2 Å². The summed E-state index contributed by atoms with van der Waals surface area (Å²) in [5.74, 6) is 0.549. The van der Waals surface area contributed by atoms with Crippen LogP contribution in [0.4, 0.5) is 0 Å². The number of hydrogen-bond donors (Lipinski definition) is 2. The Bertz CT molecular complexity index is 564. The van der Waals surface area contributed by atoms with Gasteiger partial charge in [0.2, 0.25) is 11.0 Å². The van der Waals surface area contributed by atoms with Crippen LogP contribution in [0.25, 0.3) is 0 Å². The summed E-state index contributed by atoms with van der Waals surface area (Å²) in [6, 6.07) is 3.12. The fraction of sp³-hybridized carbons (Fsp3) is 0.545. The smallest absolute Gasteiger partial charge is 0.275 e. The Kier molecular flexibility index (Phi) is 3.93. The molecule has 7 nitrogen and oxygen atoms in total. The molecule has 2 rings (SSSR count). The Hall–Kier alpha value is -1.38. The van der Waals surface area contributed by atoms with E-state index >= 15 is 0 Å². The zero-order valence-corrected chi connectivity index (χ0v) is 11.7. The van der Waals surface area contributed by atoms with E-state index in [0.717, 1.165) is 4.31 Å². The Morgan fingerprint density at radius 3 is 2.79 bits per heavy atom. The summed E-state index contributed by atoms with van der Waals surface area (Å²) in [5, 5.41) is 5.78. The first-order valence-corrected chi connectivity index (χ1v) is 7.35. The monoisotopic (exact) mass is 287 g/mol. The Labute approximate surface area is 112 Å². The van der Waals surface area contributed by atoms with Gasteiger partial charge in [0.05, 0.1) is 6.54 Å². The van der Waals surface area contributed by atoms with E-state index in [1.54, 1.807) is 6.07 Å². The maximum absolute atomic E-state index is 11.8. The molecule has 2 N–H and O–H groups in total. The highest BCUT2D eigenvalue weighted by Crippen LogP contribution is 2.17. The summed E-state index contributed by atoms with van der Waals surface area (Å²) in [5.41, 5.74) is 0. The lowest BCUT2D eigenvalue weighted by Gasteiger charge is -2.09. The van der Waals surface area contributed by atoms with E-state index in [4.69, 9.17) is 4.42 Å². The van der Waals surface area contributed by atoms with E-state index < -0.39 is 10.0 Å². The number of nitrogens with one attached hydrogen (secondary N) is 2. The summed E-state index contributed by atoms with van der Waals surface area (Å²) in [7, 11) is -0.630. The molecule has 106 valence electrons. The highest BCUT2D eigenvalue weighted by atomic mass is 32.2. The maximum Gasteiger partial charge on any atom is 0.275 e. The van der Waals surface area contributed by atoms with Crippen molar-refractivity contribution in [3.05, 3.63) is 17.9 Å². The highest BCUT2D eigenvalue weighted by molar-refractivity contribution is 7.88. The number of carbonyl (C=O) groups is 1. The van der Waals surface area contributed by atoms with Crippen LogP contribution in [0.5, 0.6) is 0 Å². The van der Waals surface area contributed by atoms with Gasteiger partial charge in [-0.05, 0) is 12.1 Å². The van der Waals surface area contributed by atoms with Gasteiger partial charge in [0.25, 0.3) is 10.0 Å². The van der Waals surface area contributed by atoms with Crippen molar-refractivity contribution < 1.29 is 17.6 Å². The van der Waals surface area contributed by atoms with Gasteiger partial charge in [0.1, 0.15) is 5.76 Å². The summed E-state index contributed by atoms with van der Waals surface area (Å²) < 4.78 is 30.0. The molecule has 19 heavy (non-hydrogen) atoms. The van der Waals surface area contributed by atoms with E-state index in [1.807, 2.05) is 0 Å².